The zero-order valence-corrected chi connectivity index (χ0v) is 13.5. The van der Waals surface area contributed by atoms with E-state index in [1.54, 1.807) is 37.4 Å². The lowest BCUT2D eigenvalue weighted by Gasteiger charge is -2.25. The van der Waals surface area contributed by atoms with Gasteiger partial charge in [0.2, 0.25) is 0 Å². The molecule has 0 bridgehead atoms. The second-order valence-corrected chi connectivity index (χ2v) is 5.38. The van der Waals surface area contributed by atoms with E-state index in [0.717, 1.165) is 5.56 Å². The lowest BCUT2D eigenvalue weighted by Crippen LogP contribution is -2.33. The van der Waals surface area contributed by atoms with Gasteiger partial charge in [-0.2, -0.15) is 0 Å². The largest absolute Gasteiger partial charge is 0.483 e. The maximum absolute atomic E-state index is 13.0. The van der Waals surface area contributed by atoms with E-state index in [9.17, 15) is 14.0 Å². The highest BCUT2D eigenvalue weighted by Crippen LogP contribution is 2.20. The van der Waals surface area contributed by atoms with Gasteiger partial charge in [0.25, 0.3) is 11.8 Å². The first-order valence-corrected chi connectivity index (χ1v) is 7.43. The van der Waals surface area contributed by atoms with Crippen molar-refractivity contribution < 1.29 is 18.7 Å². The summed E-state index contributed by atoms with van der Waals surface area (Å²) in [5.74, 6) is -0.954. The van der Waals surface area contributed by atoms with E-state index in [1.807, 2.05) is 6.92 Å². The summed E-state index contributed by atoms with van der Waals surface area (Å²) in [4.78, 5) is 25.1. The number of primary amides is 1. The van der Waals surface area contributed by atoms with Crippen molar-refractivity contribution in [3.63, 3.8) is 0 Å². The zero-order valence-electron chi connectivity index (χ0n) is 13.5. The number of carbonyl (C=O) groups is 2. The van der Waals surface area contributed by atoms with Crippen LogP contribution < -0.4 is 10.5 Å². The molecule has 0 aromatic heterocycles. The summed E-state index contributed by atoms with van der Waals surface area (Å²) in [6.07, 6.45) is 0. The number of halogens is 1. The third-order valence-electron chi connectivity index (χ3n) is 3.83. The summed E-state index contributed by atoms with van der Waals surface area (Å²) in [5, 5.41) is 0. The first-order valence-electron chi connectivity index (χ1n) is 7.43. The Morgan fingerprint density at radius 1 is 1.17 bits per heavy atom. The summed E-state index contributed by atoms with van der Waals surface area (Å²) in [7, 11) is 1.64. The van der Waals surface area contributed by atoms with Crippen LogP contribution in [0.5, 0.6) is 5.75 Å². The number of hydrogen-bond acceptors (Lipinski definition) is 3. The molecular weight excluding hydrogens is 311 g/mol. The van der Waals surface area contributed by atoms with Crippen LogP contribution in [0.25, 0.3) is 0 Å². The maximum atomic E-state index is 13.0. The number of nitrogens with zero attached hydrogens (tertiary/aromatic N) is 1. The van der Waals surface area contributed by atoms with Gasteiger partial charge in [-0.1, -0.05) is 24.3 Å². The molecule has 2 aromatic rings. The van der Waals surface area contributed by atoms with Gasteiger partial charge in [0.05, 0.1) is 11.6 Å². The Kier molecular flexibility index (Phi) is 5.52. The van der Waals surface area contributed by atoms with Gasteiger partial charge in [0, 0.05) is 7.05 Å². The second-order valence-electron chi connectivity index (χ2n) is 5.38. The summed E-state index contributed by atoms with van der Waals surface area (Å²) >= 11 is 0. The summed E-state index contributed by atoms with van der Waals surface area (Å²) in [6, 6.07) is 12.2. The number of carbonyl (C=O) groups excluding carboxylic acids is 2. The summed E-state index contributed by atoms with van der Waals surface area (Å²) in [5.41, 5.74) is 6.30. The van der Waals surface area contributed by atoms with Gasteiger partial charge >= 0.3 is 0 Å². The van der Waals surface area contributed by atoms with Gasteiger partial charge < -0.3 is 15.4 Å². The van der Waals surface area contributed by atoms with Crippen LogP contribution >= 0.6 is 0 Å². The number of hydrogen-bond donors (Lipinski definition) is 1. The number of nitrogens with two attached hydrogens (primary N) is 1. The van der Waals surface area contributed by atoms with E-state index in [0.29, 0.717) is 0 Å². The van der Waals surface area contributed by atoms with Gasteiger partial charge in [-0.25, -0.2) is 4.39 Å². The Morgan fingerprint density at radius 3 is 2.42 bits per heavy atom. The van der Waals surface area contributed by atoms with Crippen molar-refractivity contribution in [2.45, 2.75) is 13.0 Å². The Bertz CT molecular complexity index is 731. The fourth-order valence-corrected chi connectivity index (χ4v) is 2.22. The molecule has 2 N–H and O–H groups in total. The number of para-hydroxylation sites is 1. The minimum absolute atomic E-state index is 0.222. The molecule has 1 unspecified atom stereocenters. The fraction of sp³-hybridized carbons (Fsp3) is 0.222. The normalized spacial score (nSPS) is 11.6. The van der Waals surface area contributed by atoms with E-state index in [-0.39, 0.29) is 35.7 Å². The van der Waals surface area contributed by atoms with Crippen molar-refractivity contribution in [1.82, 2.24) is 4.90 Å². The molecule has 0 aliphatic rings. The van der Waals surface area contributed by atoms with Gasteiger partial charge in [0.1, 0.15) is 11.6 Å². The van der Waals surface area contributed by atoms with Crippen molar-refractivity contribution >= 4 is 11.8 Å². The van der Waals surface area contributed by atoms with Crippen LogP contribution in [0.2, 0.25) is 0 Å². The minimum Gasteiger partial charge on any atom is -0.483 e. The molecule has 0 spiro atoms. The van der Waals surface area contributed by atoms with Crippen LogP contribution in [0.3, 0.4) is 0 Å². The van der Waals surface area contributed by atoms with Crippen molar-refractivity contribution in [2.75, 3.05) is 13.7 Å². The molecule has 0 fully saturated rings. The molecule has 6 heteroatoms. The van der Waals surface area contributed by atoms with Crippen LogP contribution in [0.4, 0.5) is 4.39 Å². The smallest absolute Gasteiger partial charge is 0.260 e. The third kappa shape index (κ3) is 4.10. The molecule has 2 rings (SSSR count). The second kappa shape index (κ2) is 7.59. The Labute approximate surface area is 139 Å². The predicted molar refractivity (Wildman–Crippen MR) is 88.0 cm³/mol. The number of rotatable bonds is 6. The molecule has 1 atom stereocenters. The minimum atomic E-state index is -0.619. The molecular formula is C18H19FN2O3. The number of likely N-dealkylation sites (N-methyl/N-ethyl adjacent to an activating group) is 1. The highest BCUT2D eigenvalue weighted by Gasteiger charge is 2.19. The van der Waals surface area contributed by atoms with Crippen molar-refractivity contribution in [3.05, 3.63) is 65.5 Å². The van der Waals surface area contributed by atoms with Crippen LogP contribution in [-0.2, 0) is 4.79 Å². The standard InChI is InChI=1S/C18H19FN2O3/c1-12(13-7-9-14(19)10-8-13)21(2)17(22)11-24-16-6-4-3-5-15(16)18(20)23/h3-10,12H,11H2,1-2H3,(H2,20,23). The van der Waals surface area contributed by atoms with E-state index in [2.05, 4.69) is 0 Å². The first kappa shape index (κ1) is 17.5. The Hall–Kier alpha value is -2.89. The highest BCUT2D eigenvalue weighted by molar-refractivity contribution is 5.95. The molecule has 0 saturated heterocycles. The number of benzene rings is 2. The SMILES string of the molecule is CC(c1ccc(F)cc1)N(C)C(=O)COc1ccccc1C(N)=O. The Balaban J connectivity index is 2.02. The first-order chi connectivity index (χ1) is 11.4. The average molecular weight is 330 g/mol. The number of ether oxygens (including phenoxy) is 1. The van der Waals surface area contributed by atoms with Crippen LogP contribution in [0.15, 0.2) is 48.5 Å². The van der Waals surface area contributed by atoms with Gasteiger partial charge in [-0.15, -0.1) is 0 Å². The van der Waals surface area contributed by atoms with Crippen molar-refractivity contribution in [3.8, 4) is 5.75 Å². The Morgan fingerprint density at radius 2 is 1.79 bits per heavy atom. The molecule has 0 aliphatic carbocycles. The van der Waals surface area contributed by atoms with E-state index < -0.39 is 5.91 Å². The third-order valence-corrected chi connectivity index (χ3v) is 3.83. The van der Waals surface area contributed by atoms with E-state index >= 15 is 0 Å². The summed E-state index contributed by atoms with van der Waals surface area (Å²) < 4.78 is 18.4. The molecule has 2 amide bonds. The van der Waals surface area contributed by atoms with Crippen LogP contribution in [-0.4, -0.2) is 30.4 Å². The maximum Gasteiger partial charge on any atom is 0.260 e. The topological polar surface area (TPSA) is 72.6 Å². The predicted octanol–water partition coefficient (Wildman–Crippen LogP) is 2.52. The zero-order chi connectivity index (χ0) is 17.7. The quantitative estimate of drug-likeness (QED) is 0.884. The molecule has 24 heavy (non-hydrogen) atoms. The molecule has 0 radical (unpaired) electrons. The molecule has 0 heterocycles. The molecule has 0 saturated carbocycles. The van der Waals surface area contributed by atoms with Crippen molar-refractivity contribution in [2.24, 2.45) is 5.73 Å². The molecule has 2 aromatic carbocycles. The van der Waals surface area contributed by atoms with Gasteiger partial charge in [-0.05, 0) is 36.8 Å². The van der Waals surface area contributed by atoms with Gasteiger partial charge in [-0.3, -0.25) is 9.59 Å². The average Bonchev–Trinajstić information content (AvgIpc) is 2.59. The monoisotopic (exact) mass is 330 g/mol. The highest BCUT2D eigenvalue weighted by atomic mass is 19.1. The lowest BCUT2D eigenvalue weighted by molar-refractivity contribution is -0.134. The van der Waals surface area contributed by atoms with Crippen molar-refractivity contribution in [1.29, 1.82) is 0 Å². The number of amides is 2. The lowest BCUT2D eigenvalue weighted by atomic mass is 10.1. The van der Waals surface area contributed by atoms with E-state index in [4.69, 9.17) is 10.5 Å². The van der Waals surface area contributed by atoms with Gasteiger partial charge in [0.15, 0.2) is 6.61 Å². The van der Waals surface area contributed by atoms with Crippen LogP contribution in [0.1, 0.15) is 28.9 Å². The molecule has 0 aliphatic heterocycles. The summed E-state index contributed by atoms with van der Waals surface area (Å²) in [6.45, 7) is 1.61. The molecule has 126 valence electrons. The van der Waals surface area contributed by atoms with Crippen LogP contribution in [0, 0.1) is 5.82 Å². The fourth-order valence-electron chi connectivity index (χ4n) is 2.22. The molecule has 5 nitrogen and oxygen atoms in total. The van der Waals surface area contributed by atoms with E-state index in [1.165, 1.54) is 23.1 Å².